The van der Waals surface area contributed by atoms with E-state index in [-0.39, 0.29) is 0 Å². The van der Waals surface area contributed by atoms with Gasteiger partial charge in [-0.1, -0.05) is 23.7 Å². The zero-order chi connectivity index (χ0) is 16.5. The van der Waals surface area contributed by atoms with Gasteiger partial charge in [-0.2, -0.15) is 5.10 Å². The summed E-state index contributed by atoms with van der Waals surface area (Å²) in [7, 11) is 0. The van der Waals surface area contributed by atoms with Crippen molar-refractivity contribution in [2.75, 3.05) is 6.54 Å². The minimum atomic E-state index is 0.479. The standard InChI is InChI=1S/C17H18ClN3OS/c1-2-19-17(23)21-20-11-13-6-8-16(9-7-13)22-12-14-4-3-5-15(18)10-14/h3-11H,2,12H2,1H3,(H2,19,21,23). The molecule has 0 aliphatic rings. The summed E-state index contributed by atoms with van der Waals surface area (Å²) < 4.78 is 5.73. The fraction of sp³-hybridized carbons (Fsp3) is 0.176. The van der Waals surface area contributed by atoms with Crippen LogP contribution in [-0.4, -0.2) is 17.9 Å². The molecule has 4 nitrogen and oxygen atoms in total. The highest BCUT2D eigenvalue weighted by atomic mass is 35.5. The molecule has 0 heterocycles. The van der Waals surface area contributed by atoms with Gasteiger partial charge in [0.1, 0.15) is 12.4 Å². The number of benzene rings is 2. The summed E-state index contributed by atoms with van der Waals surface area (Å²) in [5.41, 5.74) is 4.73. The molecule has 2 rings (SSSR count). The average molecular weight is 348 g/mol. The third kappa shape index (κ3) is 6.26. The molecule has 23 heavy (non-hydrogen) atoms. The normalized spacial score (nSPS) is 10.5. The van der Waals surface area contributed by atoms with Crippen LogP contribution in [0.5, 0.6) is 5.75 Å². The second kappa shape index (κ2) is 9.12. The second-order valence-electron chi connectivity index (χ2n) is 4.72. The predicted molar refractivity (Wildman–Crippen MR) is 99.2 cm³/mol. The van der Waals surface area contributed by atoms with Crippen molar-refractivity contribution in [1.29, 1.82) is 0 Å². The number of hydrogen-bond acceptors (Lipinski definition) is 3. The summed E-state index contributed by atoms with van der Waals surface area (Å²) in [5.74, 6) is 0.790. The Balaban J connectivity index is 1.84. The van der Waals surface area contributed by atoms with Gasteiger partial charge in [0, 0.05) is 11.6 Å². The van der Waals surface area contributed by atoms with Crippen LogP contribution < -0.4 is 15.5 Å². The first-order valence-electron chi connectivity index (χ1n) is 7.21. The first-order valence-corrected chi connectivity index (χ1v) is 8.00. The van der Waals surface area contributed by atoms with Crippen LogP contribution in [0.25, 0.3) is 0 Å². The number of hydrazone groups is 1. The van der Waals surface area contributed by atoms with Gasteiger partial charge in [0.25, 0.3) is 0 Å². The van der Waals surface area contributed by atoms with Crippen molar-refractivity contribution in [2.45, 2.75) is 13.5 Å². The Hall–Kier alpha value is -2.11. The Morgan fingerprint density at radius 2 is 2.04 bits per heavy atom. The number of halogens is 1. The van der Waals surface area contributed by atoms with Crippen LogP contribution in [0.15, 0.2) is 53.6 Å². The highest BCUT2D eigenvalue weighted by Crippen LogP contribution is 2.15. The molecule has 0 aliphatic carbocycles. The molecule has 2 aromatic rings. The lowest BCUT2D eigenvalue weighted by Crippen LogP contribution is -2.31. The monoisotopic (exact) mass is 347 g/mol. The Labute approximate surface area is 146 Å². The fourth-order valence-corrected chi connectivity index (χ4v) is 2.22. The molecule has 0 spiro atoms. The van der Waals surface area contributed by atoms with E-state index in [1.165, 1.54) is 0 Å². The molecule has 2 N–H and O–H groups in total. The van der Waals surface area contributed by atoms with Crippen LogP contribution >= 0.6 is 23.8 Å². The molecule has 0 saturated heterocycles. The van der Waals surface area contributed by atoms with Crippen molar-refractivity contribution in [1.82, 2.24) is 10.7 Å². The number of rotatable bonds is 6. The molecule has 0 bridgehead atoms. The van der Waals surface area contributed by atoms with Crippen LogP contribution in [0.1, 0.15) is 18.1 Å². The van der Waals surface area contributed by atoms with Crippen LogP contribution in [0.2, 0.25) is 5.02 Å². The fourth-order valence-electron chi connectivity index (χ4n) is 1.81. The van der Waals surface area contributed by atoms with Crippen LogP contribution in [0.3, 0.4) is 0 Å². The van der Waals surface area contributed by atoms with E-state index in [1.54, 1.807) is 6.21 Å². The highest BCUT2D eigenvalue weighted by molar-refractivity contribution is 7.80. The maximum absolute atomic E-state index is 5.95. The summed E-state index contributed by atoms with van der Waals surface area (Å²) in [6.07, 6.45) is 1.70. The summed E-state index contributed by atoms with van der Waals surface area (Å²) in [6.45, 7) is 3.21. The number of thiocarbonyl (C=S) groups is 1. The summed E-state index contributed by atoms with van der Waals surface area (Å²) in [4.78, 5) is 0. The summed E-state index contributed by atoms with van der Waals surface area (Å²) in [6, 6.07) is 15.3. The van der Waals surface area contributed by atoms with Gasteiger partial charge in [-0.05, 0) is 66.7 Å². The molecule has 0 atom stereocenters. The highest BCUT2D eigenvalue weighted by Gasteiger charge is 1.97. The molecule has 120 valence electrons. The van der Waals surface area contributed by atoms with Gasteiger partial charge in [0.15, 0.2) is 5.11 Å². The number of hydrogen-bond donors (Lipinski definition) is 2. The molecule has 0 fully saturated rings. The van der Waals surface area contributed by atoms with Gasteiger partial charge < -0.3 is 10.1 Å². The van der Waals surface area contributed by atoms with Gasteiger partial charge in [-0.3, -0.25) is 5.43 Å². The second-order valence-corrected chi connectivity index (χ2v) is 5.56. The van der Waals surface area contributed by atoms with E-state index in [9.17, 15) is 0 Å². The molecule has 2 aromatic carbocycles. The van der Waals surface area contributed by atoms with Crippen molar-refractivity contribution in [3.8, 4) is 5.75 Å². The summed E-state index contributed by atoms with van der Waals surface area (Å²) >= 11 is 11.0. The first kappa shape index (κ1) is 17.2. The molecule has 6 heteroatoms. The first-order chi connectivity index (χ1) is 11.2. The van der Waals surface area contributed by atoms with Crippen molar-refractivity contribution in [3.05, 3.63) is 64.7 Å². The lowest BCUT2D eigenvalue weighted by Gasteiger charge is -2.07. The van der Waals surface area contributed by atoms with Crippen molar-refractivity contribution in [3.63, 3.8) is 0 Å². The van der Waals surface area contributed by atoms with Gasteiger partial charge >= 0.3 is 0 Å². The lowest BCUT2D eigenvalue weighted by atomic mass is 10.2. The van der Waals surface area contributed by atoms with E-state index in [1.807, 2.05) is 55.5 Å². The smallest absolute Gasteiger partial charge is 0.186 e. The molecule has 0 aliphatic heterocycles. The van der Waals surface area contributed by atoms with E-state index in [2.05, 4.69) is 15.8 Å². The molecular formula is C17H18ClN3OS. The zero-order valence-corrected chi connectivity index (χ0v) is 14.3. The quantitative estimate of drug-likeness (QED) is 0.475. The third-order valence-electron chi connectivity index (χ3n) is 2.89. The van der Waals surface area contributed by atoms with Crippen molar-refractivity contribution in [2.24, 2.45) is 5.10 Å². The maximum Gasteiger partial charge on any atom is 0.186 e. The van der Waals surface area contributed by atoms with Gasteiger partial charge in [-0.25, -0.2) is 0 Å². The largest absolute Gasteiger partial charge is 0.489 e. The van der Waals surface area contributed by atoms with Crippen LogP contribution in [0.4, 0.5) is 0 Å². The minimum Gasteiger partial charge on any atom is -0.489 e. The average Bonchev–Trinajstić information content (AvgIpc) is 2.54. The third-order valence-corrected chi connectivity index (χ3v) is 3.36. The summed E-state index contributed by atoms with van der Waals surface area (Å²) in [5, 5.41) is 8.23. The maximum atomic E-state index is 5.95. The minimum absolute atomic E-state index is 0.479. The molecule has 0 radical (unpaired) electrons. The van der Waals surface area contributed by atoms with Crippen molar-refractivity contribution < 1.29 is 4.74 Å². The number of ether oxygens (including phenoxy) is 1. The Kier molecular flexibility index (Phi) is 6.84. The molecule has 0 amide bonds. The Bertz CT molecular complexity index is 674. The van der Waals surface area contributed by atoms with Gasteiger partial charge in [0.05, 0.1) is 6.21 Å². The molecular weight excluding hydrogens is 330 g/mol. The Morgan fingerprint density at radius 3 is 2.74 bits per heavy atom. The van der Waals surface area contributed by atoms with E-state index in [4.69, 9.17) is 28.6 Å². The molecule has 0 saturated carbocycles. The number of nitrogens with zero attached hydrogens (tertiary/aromatic N) is 1. The number of nitrogens with one attached hydrogen (secondary N) is 2. The Morgan fingerprint density at radius 1 is 1.26 bits per heavy atom. The van der Waals surface area contributed by atoms with Gasteiger partial charge in [-0.15, -0.1) is 0 Å². The van der Waals surface area contributed by atoms with E-state index in [0.29, 0.717) is 16.7 Å². The van der Waals surface area contributed by atoms with Gasteiger partial charge in [0.2, 0.25) is 0 Å². The van der Waals surface area contributed by atoms with E-state index >= 15 is 0 Å². The molecule has 0 aromatic heterocycles. The van der Waals surface area contributed by atoms with Crippen molar-refractivity contribution >= 4 is 35.1 Å². The zero-order valence-electron chi connectivity index (χ0n) is 12.8. The predicted octanol–water partition coefficient (Wildman–Crippen LogP) is 3.74. The molecule has 0 unspecified atom stereocenters. The van der Waals surface area contributed by atoms with E-state index in [0.717, 1.165) is 23.4 Å². The van der Waals surface area contributed by atoms with E-state index < -0.39 is 0 Å². The SMILES string of the molecule is CCNC(=S)NN=Cc1ccc(OCc2cccc(Cl)c2)cc1. The van der Waals surface area contributed by atoms with Crippen LogP contribution in [0, 0.1) is 0 Å². The topological polar surface area (TPSA) is 45.7 Å². The lowest BCUT2D eigenvalue weighted by molar-refractivity contribution is 0.306. The van der Waals surface area contributed by atoms with Crippen LogP contribution in [-0.2, 0) is 6.61 Å².